The number of benzene rings is 13. The Bertz CT molecular complexity index is 4560. The highest BCUT2D eigenvalue weighted by Crippen LogP contribution is 2.51. The van der Waals surface area contributed by atoms with Gasteiger partial charge in [-0.1, -0.05) is 244 Å². The molecule has 0 saturated carbocycles. The van der Waals surface area contributed by atoms with E-state index in [0.29, 0.717) is 0 Å². The van der Waals surface area contributed by atoms with Gasteiger partial charge in [-0.25, -0.2) is 0 Å². The predicted octanol–water partition coefficient (Wildman–Crippen LogP) is 22.4. The Balaban J connectivity index is 0.000000144. The molecule has 0 bridgehead atoms. The van der Waals surface area contributed by atoms with Crippen molar-refractivity contribution in [1.82, 2.24) is 0 Å². The van der Waals surface area contributed by atoms with Crippen molar-refractivity contribution in [3.63, 3.8) is 0 Å². The molecule has 0 radical (unpaired) electrons. The van der Waals surface area contributed by atoms with Crippen molar-refractivity contribution in [1.29, 1.82) is 0 Å². The first-order valence-corrected chi connectivity index (χ1v) is 29.7. The molecule has 0 amide bonds. The van der Waals surface area contributed by atoms with Gasteiger partial charge in [0.15, 0.2) is 0 Å². The second-order valence-corrected chi connectivity index (χ2v) is 23.2. The van der Waals surface area contributed by atoms with E-state index in [1.54, 1.807) is 0 Å². The van der Waals surface area contributed by atoms with Crippen molar-refractivity contribution in [2.75, 3.05) is 9.80 Å². The molecular formula is C83H62N2. The zero-order chi connectivity index (χ0) is 56.8. The van der Waals surface area contributed by atoms with Crippen LogP contribution in [0.1, 0.15) is 47.2 Å². The number of rotatable bonds is 10. The minimum atomic E-state index is -0.0413. The maximum Gasteiger partial charge on any atom is 0.0465 e. The average molecular weight is 1090 g/mol. The first-order valence-electron chi connectivity index (χ1n) is 29.7. The fourth-order valence-corrected chi connectivity index (χ4v) is 13.4. The molecule has 0 N–H and O–H groups in total. The molecule has 0 fully saturated rings. The van der Waals surface area contributed by atoms with E-state index in [1.807, 2.05) is 0 Å². The molecular weight excluding hydrogens is 1020 g/mol. The lowest BCUT2D eigenvalue weighted by Gasteiger charge is -2.28. The molecule has 0 unspecified atom stereocenters. The standard InChI is InChI=1S/C43H31N.C40H31N/c1-3-9-31(10-4-1)32-15-17-33(18-16-32)34-21-25-40(26-22-34)44(39-12-5-2-6-13-39)41-27-23-35(24-28-41)36-19-20-38-29-37-11-7-8-14-42(37)43(38)30-36;1-40(2)38-15-9-8-14-35(38)36-23-22-33(26-39(36)40)41(31-11-4-3-5-12-31)32-20-18-27(19-21-32)28-16-17-30-24-29-10-6-7-13-34(29)37(30)25-28/h1-28,30H,29H2;3-23,25-26H,24H2,1-2H3. The van der Waals surface area contributed by atoms with Gasteiger partial charge in [0.25, 0.3) is 0 Å². The number of hydrogen-bond donors (Lipinski definition) is 0. The number of nitrogens with zero attached hydrogens (tertiary/aromatic N) is 2. The summed E-state index contributed by atoms with van der Waals surface area (Å²) >= 11 is 0. The third-order valence-electron chi connectivity index (χ3n) is 17.8. The Morgan fingerprint density at radius 1 is 0.212 bits per heavy atom. The first-order chi connectivity index (χ1) is 41.9. The molecule has 0 aliphatic heterocycles. The van der Waals surface area contributed by atoms with Gasteiger partial charge in [-0.15, -0.1) is 0 Å². The molecule has 2 heteroatoms. The summed E-state index contributed by atoms with van der Waals surface area (Å²) in [6.07, 6.45) is 2.05. The van der Waals surface area contributed by atoms with Crippen LogP contribution in [0.3, 0.4) is 0 Å². The molecule has 2 nitrogen and oxygen atoms in total. The highest BCUT2D eigenvalue weighted by molar-refractivity contribution is 5.88. The molecule has 0 spiro atoms. The second-order valence-electron chi connectivity index (χ2n) is 23.2. The van der Waals surface area contributed by atoms with Crippen molar-refractivity contribution in [2.45, 2.75) is 32.1 Å². The Hall–Kier alpha value is -10.5. The molecule has 3 aliphatic carbocycles. The Morgan fingerprint density at radius 3 is 0.988 bits per heavy atom. The van der Waals surface area contributed by atoms with Crippen molar-refractivity contribution in [3.05, 3.63) is 349 Å². The maximum absolute atomic E-state index is 2.40. The summed E-state index contributed by atoms with van der Waals surface area (Å²) in [5.41, 5.74) is 33.3. The van der Waals surface area contributed by atoms with Gasteiger partial charge in [-0.2, -0.15) is 0 Å². The van der Waals surface area contributed by atoms with Crippen LogP contribution in [0.2, 0.25) is 0 Å². The van der Waals surface area contributed by atoms with Gasteiger partial charge in [0.1, 0.15) is 0 Å². The summed E-state index contributed by atoms with van der Waals surface area (Å²) in [6.45, 7) is 4.69. The molecule has 0 atom stereocenters. The Labute approximate surface area is 499 Å². The van der Waals surface area contributed by atoms with E-state index >= 15 is 0 Å². The van der Waals surface area contributed by atoms with E-state index in [0.717, 1.165) is 41.3 Å². The minimum Gasteiger partial charge on any atom is -0.311 e. The number of hydrogen-bond acceptors (Lipinski definition) is 2. The van der Waals surface area contributed by atoms with E-state index in [2.05, 4.69) is 339 Å². The molecule has 13 aromatic rings. The van der Waals surface area contributed by atoms with Crippen LogP contribution in [0.5, 0.6) is 0 Å². The summed E-state index contributed by atoms with van der Waals surface area (Å²) in [5.74, 6) is 0. The summed E-state index contributed by atoms with van der Waals surface area (Å²) in [5, 5.41) is 0. The van der Waals surface area contributed by atoms with Crippen molar-refractivity contribution in [3.8, 4) is 77.9 Å². The number of para-hydroxylation sites is 2. The molecule has 0 saturated heterocycles. The van der Waals surface area contributed by atoms with Gasteiger partial charge < -0.3 is 9.80 Å². The number of anilines is 6. The van der Waals surface area contributed by atoms with E-state index in [-0.39, 0.29) is 5.41 Å². The first kappa shape index (κ1) is 51.3. The van der Waals surface area contributed by atoms with E-state index < -0.39 is 0 Å². The monoisotopic (exact) mass is 1090 g/mol. The van der Waals surface area contributed by atoms with Crippen LogP contribution in [0.25, 0.3) is 77.9 Å². The topological polar surface area (TPSA) is 6.48 Å². The summed E-state index contributed by atoms with van der Waals surface area (Å²) < 4.78 is 0. The summed E-state index contributed by atoms with van der Waals surface area (Å²) in [6, 6.07) is 115. The SMILES string of the molecule is CC1(C)c2ccccc2-c2ccc(N(c3ccccc3)c3ccc(-c4ccc5c(c4)-c4ccccc4C5)cc3)cc21.c1ccc(-c2ccc(-c3ccc(N(c4ccccc4)c4ccc(-c5ccc6c(c5)-c5ccccc5C6)cc4)cc3)cc2)cc1. The zero-order valence-electron chi connectivity index (χ0n) is 47.8. The van der Waals surface area contributed by atoms with Crippen LogP contribution in [0, 0.1) is 0 Å². The summed E-state index contributed by atoms with van der Waals surface area (Å²) in [4.78, 5) is 4.70. The van der Waals surface area contributed by atoms with Crippen LogP contribution in [0.15, 0.2) is 315 Å². The van der Waals surface area contributed by atoms with Crippen LogP contribution in [-0.4, -0.2) is 0 Å². The molecule has 16 rings (SSSR count). The van der Waals surface area contributed by atoms with Crippen LogP contribution in [0.4, 0.5) is 34.1 Å². The van der Waals surface area contributed by atoms with E-state index in [9.17, 15) is 0 Å². The van der Waals surface area contributed by atoms with Gasteiger partial charge in [0.05, 0.1) is 0 Å². The fourth-order valence-electron chi connectivity index (χ4n) is 13.4. The molecule has 0 aromatic heterocycles. The van der Waals surface area contributed by atoms with Gasteiger partial charge in [-0.05, 0) is 209 Å². The highest BCUT2D eigenvalue weighted by Gasteiger charge is 2.36. The van der Waals surface area contributed by atoms with Crippen LogP contribution in [-0.2, 0) is 18.3 Å². The minimum absolute atomic E-state index is 0.0413. The smallest absolute Gasteiger partial charge is 0.0465 e. The lowest BCUT2D eigenvalue weighted by atomic mass is 9.82. The van der Waals surface area contributed by atoms with Gasteiger partial charge in [0, 0.05) is 39.5 Å². The van der Waals surface area contributed by atoms with Gasteiger partial charge >= 0.3 is 0 Å². The van der Waals surface area contributed by atoms with Crippen molar-refractivity contribution >= 4 is 34.1 Å². The zero-order valence-corrected chi connectivity index (χ0v) is 47.8. The molecule has 0 heterocycles. The molecule has 404 valence electrons. The molecule has 3 aliphatic rings. The molecule has 13 aromatic carbocycles. The average Bonchev–Trinajstić information content (AvgIpc) is 2.35. The predicted molar refractivity (Wildman–Crippen MR) is 358 cm³/mol. The lowest BCUT2D eigenvalue weighted by molar-refractivity contribution is 0.660. The third kappa shape index (κ3) is 9.62. The maximum atomic E-state index is 2.40. The quantitative estimate of drug-likeness (QED) is 0.135. The largest absolute Gasteiger partial charge is 0.311 e. The number of fused-ring (bicyclic) bond motifs is 9. The Kier molecular flexibility index (Phi) is 13.1. The van der Waals surface area contributed by atoms with E-state index in [4.69, 9.17) is 0 Å². The molecule has 85 heavy (non-hydrogen) atoms. The van der Waals surface area contributed by atoms with Gasteiger partial charge in [0.2, 0.25) is 0 Å². The van der Waals surface area contributed by atoms with Crippen LogP contribution >= 0.6 is 0 Å². The van der Waals surface area contributed by atoms with Gasteiger partial charge in [-0.3, -0.25) is 0 Å². The third-order valence-corrected chi connectivity index (χ3v) is 17.8. The van der Waals surface area contributed by atoms with E-state index in [1.165, 1.54) is 117 Å². The van der Waals surface area contributed by atoms with Crippen molar-refractivity contribution in [2.24, 2.45) is 0 Å². The lowest BCUT2D eigenvalue weighted by Crippen LogP contribution is -2.16. The van der Waals surface area contributed by atoms with Crippen LogP contribution < -0.4 is 9.80 Å². The normalized spacial score (nSPS) is 12.6. The highest BCUT2D eigenvalue weighted by atomic mass is 15.1. The summed E-state index contributed by atoms with van der Waals surface area (Å²) in [7, 11) is 0. The fraction of sp³-hybridized carbons (Fsp3) is 0.0602. The van der Waals surface area contributed by atoms with Crippen molar-refractivity contribution < 1.29 is 0 Å². The second kappa shape index (κ2) is 21.7. The Morgan fingerprint density at radius 2 is 0.518 bits per heavy atom.